The van der Waals surface area contributed by atoms with Gasteiger partial charge in [-0.25, -0.2) is 4.98 Å². The summed E-state index contributed by atoms with van der Waals surface area (Å²) in [5, 5.41) is 0. The van der Waals surface area contributed by atoms with Crippen LogP contribution in [0, 0.1) is 0 Å². The number of hydrogen-bond donors (Lipinski definition) is 1. The summed E-state index contributed by atoms with van der Waals surface area (Å²) in [6, 6.07) is 0.659. The Morgan fingerprint density at radius 3 is 2.12 bits per heavy atom. The highest BCUT2D eigenvalue weighted by molar-refractivity contribution is 5.46. The van der Waals surface area contributed by atoms with Gasteiger partial charge in [0.2, 0.25) is 0 Å². The van der Waals surface area contributed by atoms with E-state index in [1.807, 2.05) is 0 Å². The number of hydrogen-bond acceptors (Lipinski definition) is 2. The molecular weight excluding hydrogens is 238 g/mol. The molecule has 0 bridgehead atoms. The first-order valence-electron chi connectivity index (χ1n) is 3.98. The fourth-order valence-electron chi connectivity index (χ4n) is 1.21. The van der Waals surface area contributed by atoms with Gasteiger partial charge in [0.1, 0.15) is 11.4 Å². The van der Waals surface area contributed by atoms with E-state index in [2.05, 4.69) is 4.98 Å². The zero-order valence-corrected chi connectivity index (χ0v) is 7.65. The van der Waals surface area contributed by atoms with E-state index in [0.717, 1.165) is 6.20 Å². The second-order valence-corrected chi connectivity index (χ2v) is 3.02. The molecule has 0 aliphatic carbocycles. The van der Waals surface area contributed by atoms with Gasteiger partial charge in [0, 0.05) is 6.20 Å². The highest BCUT2D eigenvalue weighted by Crippen LogP contribution is 2.37. The first-order chi connectivity index (χ1) is 7.11. The Hall–Kier alpha value is -1.47. The normalized spacial score (nSPS) is 12.9. The summed E-state index contributed by atoms with van der Waals surface area (Å²) in [4.78, 5) is 3.13. The maximum absolute atomic E-state index is 12.4. The summed E-state index contributed by atoms with van der Waals surface area (Å²) < 4.78 is 73.2. The molecule has 0 aliphatic heterocycles. The topological polar surface area (TPSA) is 38.9 Å². The molecule has 0 aromatic carbocycles. The van der Waals surface area contributed by atoms with Gasteiger partial charge in [0.05, 0.1) is 6.42 Å². The first-order valence-corrected chi connectivity index (χ1v) is 3.98. The van der Waals surface area contributed by atoms with Crippen molar-refractivity contribution in [2.45, 2.75) is 18.8 Å². The molecule has 0 spiro atoms. The third-order valence-corrected chi connectivity index (χ3v) is 1.74. The summed E-state index contributed by atoms with van der Waals surface area (Å²) in [6.45, 7) is 0. The molecular formula is C8H6F6N2. The minimum absolute atomic E-state index is 0.659. The zero-order valence-electron chi connectivity index (χ0n) is 7.65. The number of anilines is 1. The van der Waals surface area contributed by atoms with E-state index in [4.69, 9.17) is 5.73 Å². The lowest BCUT2D eigenvalue weighted by atomic mass is 10.1. The van der Waals surface area contributed by atoms with E-state index < -0.39 is 35.7 Å². The minimum atomic E-state index is -4.95. The average Bonchev–Trinajstić information content (AvgIpc) is 1.97. The largest absolute Gasteiger partial charge is 0.420 e. The standard InChI is InChI=1S/C8H6F6N2/c9-7(10,11)3-4-1-2-16-6(15)5(4)8(12,13)14/h1-2H,3H2,(H2,15,16). The highest BCUT2D eigenvalue weighted by Gasteiger charge is 2.39. The fraction of sp³-hybridized carbons (Fsp3) is 0.375. The Balaban J connectivity index is 3.24. The lowest BCUT2D eigenvalue weighted by molar-refractivity contribution is -0.142. The molecule has 1 heterocycles. The van der Waals surface area contributed by atoms with Crippen molar-refractivity contribution in [3.8, 4) is 0 Å². The molecule has 0 amide bonds. The molecule has 90 valence electrons. The smallest absolute Gasteiger partial charge is 0.383 e. The van der Waals surface area contributed by atoms with Crippen molar-refractivity contribution in [3.63, 3.8) is 0 Å². The van der Waals surface area contributed by atoms with E-state index in [1.165, 1.54) is 0 Å². The summed E-state index contributed by atoms with van der Waals surface area (Å²) in [6.07, 6.45) is -10.5. The molecule has 0 unspecified atom stereocenters. The Morgan fingerprint density at radius 1 is 1.12 bits per heavy atom. The van der Waals surface area contributed by atoms with Crippen molar-refractivity contribution in [2.75, 3.05) is 5.73 Å². The van der Waals surface area contributed by atoms with Gasteiger partial charge in [0.25, 0.3) is 0 Å². The quantitative estimate of drug-likeness (QED) is 0.771. The molecule has 0 saturated heterocycles. The van der Waals surface area contributed by atoms with Gasteiger partial charge in [-0.1, -0.05) is 0 Å². The number of pyridine rings is 1. The van der Waals surface area contributed by atoms with Gasteiger partial charge in [-0.2, -0.15) is 26.3 Å². The van der Waals surface area contributed by atoms with Gasteiger partial charge in [0.15, 0.2) is 0 Å². The van der Waals surface area contributed by atoms with Gasteiger partial charge >= 0.3 is 12.4 Å². The molecule has 1 aromatic rings. The highest BCUT2D eigenvalue weighted by atomic mass is 19.4. The predicted molar refractivity (Wildman–Crippen MR) is 43.4 cm³/mol. The number of nitrogen functional groups attached to an aromatic ring is 1. The van der Waals surface area contributed by atoms with Crippen LogP contribution in [0.3, 0.4) is 0 Å². The molecule has 0 atom stereocenters. The van der Waals surface area contributed by atoms with Crippen LogP contribution in [0.25, 0.3) is 0 Å². The van der Waals surface area contributed by atoms with Gasteiger partial charge in [-0.05, 0) is 11.6 Å². The summed E-state index contributed by atoms with van der Waals surface area (Å²) >= 11 is 0. The molecule has 1 aromatic heterocycles. The van der Waals surface area contributed by atoms with Crippen LogP contribution < -0.4 is 5.73 Å². The van der Waals surface area contributed by atoms with E-state index in [0.29, 0.717) is 6.07 Å². The molecule has 1 rings (SSSR count). The number of alkyl halides is 6. The van der Waals surface area contributed by atoms with Crippen molar-refractivity contribution in [1.29, 1.82) is 0 Å². The predicted octanol–water partition coefficient (Wildman–Crippen LogP) is 2.79. The van der Waals surface area contributed by atoms with Crippen LogP contribution in [0.15, 0.2) is 12.3 Å². The number of aromatic nitrogens is 1. The summed E-state index contributed by atoms with van der Waals surface area (Å²) in [7, 11) is 0. The lowest BCUT2D eigenvalue weighted by Crippen LogP contribution is -2.19. The molecule has 0 saturated carbocycles. The first kappa shape index (κ1) is 12.6. The lowest BCUT2D eigenvalue weighted by Gasteiger charge is -2.15. The Kier molecular flexibility index (Phi) is 3.02. The van der Waals surface area contributed by atoms with Crippen molar-refractivity contribution in [2.24, 2.45) is 0 Å². The van der Waals surface area contributed by atoms with Crippen LogP contribution in [0.4, 0.5) is 32.2 Å². The van der Waals surface area contributed by atoms with Crippen LogP contribution in [-0.2, 0) is 12.6 Å². The average molecular weight is 244 g/mol. The van der Waals surface area contributed by atoms with Crippen molar-refractivity contribution >= 4 is 5.82 Å². The molecule has 16 heavy (non-hydrogen) atoms. The van der Waals surface area contributed by atoms with E-state index in [-0.39, 0.29) is 0 Å². The second-order valence-electron chi connectivity index (χ2n) is 3.02. The van der Waals surface area contributed by atoms with E-state index in [1.54, 1.807) is 0 Å². The van der Waals surface area contributed by atoms with Crippen molar-refractivity contribution in [1.82, 2.24) is 4.98 Å². The third kappa shape index (κ3) is 3.01. The molecule has 2 N–H and O–H groups in total. The van der Waals surface area contributed by atoms with Gasteiger partial charge in [-0.3, -0.25) is 0 Å². The third-order valence-electron chi connectivity index (χ3n) is 1.74. The number of rotatable bonds is 1. The number of nitrogens with zero attached hydrogens (tertiary/aromatic N) is 1. The molecule has 0 aliphatic rings. The Morgan fingerprint density at radius 2 is 1.69 bits per heavy atom. The van der Waals surface area contributed by atoms with Crippen LogP contribution in [0.5, 0.6) is 0 Å². The second kappa shape index (κ2) is 3.84. The van der Waals surface area contributed by atoms with Crippen LogP contribution in [0.1, 0.15) is 11.1 Å². The number of halogens is 6. The van der Waals surface area contributed by atoms with Crippen LogP contribution >= 0.6 is 0 Å². The van der Waals surface area contributed by atoms with Gasteiger partial charge in [-0.15, -0.1) is 0 Å². The van der Waals surface area contributed by atoms with Crippen molar-refractivity contribution < 1.29 is 26.3 Å². The maximum atomic E-state index is 12.4. The van der Waals surface area contributed by atoms with E-state index in [9.17, 15) is 26.3 Å². The fourth-order valence-corrected chi connectivity index (χ4v) is 1.21. The van der Waals surface area contributed by atoms with E-state index >= 15 is 0 Å². The molecule has 0 radical (unpaired) electrons. The zero-order chi connectivity index (χ0) is 12.6. The van der Waals surface area contributed by atoms with Crippen LogP contribution in [-0.4, -0.2) is 11.2 Å². The molecule has 8 heteroatoms. The van der Waals surface area contributed by atoms with Crippen LogP contribution in [0.2, 0.25) is 0 Å². The summed E-state index contributed by atoms with van der Waals surface area (Å²) in [5.41, 5.74) is 2.48. The van der Waals surface area contributed by atoms with Gasteiger partial charge < -0.3 is 5.73 Å². The maximum Gasteiger partial charge on any atom is 0.420 e. The SMILES string of the molecule is Nc1nccc(CC(F)(F)F)c1C(F)(F)F. The Bertz CT molecular complexity index is 381. The minimum Gasteiger partial charge on any atom is -0.383 e. The Labute approximate surface area is 86.1 Å². The molecule has 0 fully saturated rings. The van der Waals surface area contributed by atoms with Crippen molar-refractivity contribution in [3.05, 3.63) is 23.4 Å². The molecule has 2 nitrogen and oxygen atoms in total. The number of nitrogens with two attached hydrogens (primary N) is 1. The summed E-state index contributed by atoms with van der Waals surface area (Å²) in [5.74, 6) is -0.950. The monoisotopic (exact) mass is 244 g/mol.